The second-order valence-corrected chi connectivity index (χ2v) is 6.14. The van der Waals surface area contributed by atoms with Gasteiger partial charge in [0, 0.05) is 9.37 Å². The van der Waals surface area contributed by atoms with Crippen molar-refractivity contribution < 1.29 is 4.42 Å². The van der Waals surface area contributed by atoms with Crippen LogP contribution in [0.3, 0.4) is 0 Å². The monoisotopic (exact) mass is 339 g/mol. The molecule has 0 aliphatic carbocycles. The molecule has 0 amide bonds. The lowest BCUT2D eigenvalue weighted by Crippen LogP contribution is -2.12. The van der Waals surface area contributed by atoms with Crippen LogP contribution < -0.4 is 5.32 Å². The van der Waals surface area contributed by atoms with Crippen molar-refractivity contribution >= 4 is 27.7 Å². The van der Waals surface area contributed by atoms with Crippen LogP contribution in [-0.2, 0) is 12.3 Å². The molecule has 0 saturated carbocycles. The van der Waals surface area contributed by atoms with E-state index in [9.17, 15) is 0 Å². The van der Waals surface area contributed by atoms with E-state index >= 15 is 0 Å². The van der Waals surface area contributed by atoms with Gasteiger partial charge in [0.25, 0.3) is 0 Å². The van der Waals surface area contributed by atoms with Crippen molar-refractivity contribution in [2.45, 2.75) is 30.5 Å². The quantitative estimate of drug-likeness (QED) is 0.577. The number of halogens is 1. The molecule has 0 fully saturated rings. The van der Waals surface area contributed by atoms with Crippen molar-refractivity contribution in [3.05, 3.63) is 52.4 Å². The second-order valence-electron chi connectivity index (χ2n) is 4.26. The molecule has 1 heterocycles. The third kappa shape index (κ3) is 4.71. The highest BCUT2D eigenvalue weighted by molar-refractivity contribution is 9.10. The minimum atomic E-state index is 0.813. The molecule has 1 aromatic carbocycles. The SMILES string of the molecule is CCCNCc1ccc(CSc2ccccc2Br)o1. The van der Waals surface area contributed by atoms with Gasteiger partial charge < -0.3 is 9.73 Å². The van der Waals surface area contributed by atoms with Crippen molar-refractivity contribution in [3.63, 3.8) is 0 Å². The molecule has 2 rings (SSSR count). The Kier molecular flexibility index (Phi) is 6.01. The Labute approximate surface area is 127 Å². The molecule has 0 radical (unpaired) electrons. The molecule has 0 bridgehead atoms. The van der Waals surface area contributed by atoms with E-state index in [1.165, 1.54) is 4.90 Å². The van der Waals surface area contributed by atoms with Crippen molar-refractivity contribution in [3.8, 4) is 0 Å². The molecule has 2 aromatic rings. The first kappa shape index (κ1) is 14.7. The molecule has 0 spiro atoms. The Balaban J connectivity index is 1.85. The normalized spacial score (nSPS) is 10.8. The molecule has 19 heavy (non-hydrogen) atoms. The zero-order chi connectivity index (χ0) is 13.5. The van der Waals surface area contributed by atoms with Crippen LogP contribution >= 0.6 is 27.7 Å². The van der Waals surface area contributed by atoms with E-state index < -0.39 is 0 Å². The number of rotatable bonds is 7. The summed E-state index contributed by atoms with van der Waals surface area (Å²) in [6.07, 6.45) is 1.14. The summed E-state index contributed by atoms with van der Waals surface area (Å²) in [6.45, 7) is 4.00. The Hall–Kier alpha value is -0.710. The predicted octanol–water partition coefficient (Wildman–Crippen LogP) is 4.83. The van der Waals surface area contributed by atoms with Crippen LogP contribution in [-0.4, -0.2) is 6.54 Å². The molecule has 2 nitrogen and oxygen atoms in total. The minimum Gasteiger partial charge on any atom is -0.464 e. The van der Waals surface area contributed by atoms with Crippen LogP contribution in [0.2, 0.25) is 0 Å². The largest absolute Gasteiger partial charge is 0.464 e. The van der Waals surface area contributed by atoms with Crippen molar-refractivity contribution in [1.29, 1.82) is 0 Å². The second kappa shape index (κ2) is 7.78. The lowest BCUT2D eigenvalue weighted by molar-refractivity contribution is 0.459. The van der Waals surface area contributed by atoms with E-state index in [2.05, 4.69) is 58.5 Å². The number of thioether (sulfide) groups is 1. The third-order valence-electron chi connectivity index (χ3n) is 2.65. The Morgan fingerprint density at radius 2 is 1.95 bits per heavy atom. The van der Waals surface area contributed by atoms with Crippen molar-refractivity contribution in [2.24, 2.45) is 0 Å². The van der Waals surface area contributed by atoms with Crippen LogP contribution in [0, 0.1) is 0 Å². The smallest absolute Gasteiger partial charge is 0.118 e. The molecular weight excluding hydrogens is 322 g/mol. The molecule has 0 aliphatic rings. The van der Waals surface area contributed by atoms with E-state index in [0.29, 0.717) is 0 Å². The average molecular weight is 340 g/mol. The van der Waals surface area contributed by atoms with E-state index in [1.807, 2.05) is 6.07 Å². The van der Waals surface area contributed by atoms with Gasteiger partial charge in [-0.05, 0) is 53.2 Å². The molecule has 4 heteroatoms. The van der Waals surface area contributed by atoms with E-state index in [0.717, 1.165) is 41.3 Å². The van der Waals surface area contributed by atoms with Gasteiger partial charge in [0.15, 0.2) is 0 Å². The van der Waals surface area contributed by atoms with Gasteiger partial charge in [0.05, 0.1) is 12.3 Å². The number of furan rings is 1. The molecule has 0 aliphatic heterocycles. The summed E-state index contributed by atoms with van der Waals surface area (Å²) in [5.74, 6) is 2.89. The van der Waals surface area contributed by atoms with E-state index in [-0.39, 0.29) is 0 Å². The zero-order valence-corrected chi connectivity index (χ0v) is 13.4. The Morgan fingerprint density at radius 1 is 1.16 bits per heavy atom. The molecule has 0 atom stereocenters. The van der Waals surface area contributed by atoms with Crippen LogP contribution in [0.1, 0.15) is 24.9 Å². The molecule has 0 unspecified atom stereocenters. The first-order valence-corrected chi connectivity index (χ1v) is 8.23. The Bertz CT molecular complexity index is 512. The predicted molar refractivity (Wildman–Crippen MR) is 84.4 cm³/mol. The third-order valence-corrected chi connectivity index (χ3v) is 4.70. The highest BCUT2D eigenvalue weighted by atomic mass is 79.9. The number of nitrogens with one attached hydrogen (secondary N) is 1. The zero-order valence-electron chi connectivity index (χ0n) is 11.0. The number of benzene rings is 1. The Morgan fingerprint density at radius 3 is 2.74 bits per heavy atom. The summed E-state index contributed by atoms with van der Waals surface area (Å²) in [4.78, 5) is 1.24. The van der Waals surface area contributed by atoms with Crippen LogP contribution in [0.25, 0.3) is 0 Å². The summed E-state index contributed by atoms with van der Waals surface area (Å²) in [6, 6.07) is 12.4. The molecular formula is C15H18BrNOS. The van der Waals surface area contributed by atoms with Crippen LogP contribution in [0.15, 0.2) is 50.2 Å². The van der Waals surface area contributed by atoms with Crippen LogP contribution in [0.4, 0.5) is 0 Å². The van der Waals surface area contributed by atoms with E-state index in [4.69, 9.17) is 4.42 Å². The lowest BCUT2D eigenvalue weighted by atomic mass is 10.4. The fourth-order valence-electron chi connectivity index (χ4n) is 1.69. The van der Waals surface area contributed by atoms with Gasteiger partial charge in [-0.1, -0.05) is 19.1 Å². The maximum Gasteiger partial charge on any atom is 0.118 e. The van der Waals surface area contributed by atoms with Gasteiger partial charge in [-0.2, -0.15) is 0 Å². The number of hydrogen-bond acceptors (Lipinski definition) is 3. The highest BCUT2D eigenvalue weighted by Crippen LogP contribution is 2.30. The summed E-state index contributed by atoms with van der Waals surface area (Å²) in [7, 11) is 0. The maximum atomic E-state index is 5.79. The van der Waals surface area contributed by atoms with Gasteiger partial charge in [-0.3, -0.25) is 0 Å². The molecule has 1 aromatic heterocycles. The maximum absolute atomic E-state index is 5.79. The first-order chi connectivity index (χ1) is 9.29. The van der Waals surface area contributed by atoms with Crippen LogP contribution in [0.5, 0.6) is 0 Å². The fraction of sp³-hybridized carbons (Fsp3) is 0.333. The summed E-state index contributed by atoms with van der Waals surface area (Å²) in [5, 5.41) is 3.34. The van der Waals surface area contributed by atoms with E-state index in [1.54, 1.807) is 11.8 Å². The standard InChI is InChI=1S/C15H18BrNOS/c1-2-9-17-10-12-7-8-13(18-12)11-19-15-6-4-3-5-14(15)16/h3-8,17H,2,9-11H2,1H3. The topological polar surface area (TPSA) is 25.2 Å². The minimum absolute atomic E-state index is 0.813. The van der Waals surface area contributed by atoms with Gasteiger partial charge in [-0.25, -0.2) is 0 Å². The summed E-state index contributed by atoms with van der Waals surface area (Å²) in [5.41, 5.74) is 0. The summed E-state index contributed by atoms with van der Waals surface area (Å²) >= 11 is 5.34. The van der Waals surface area contributed by atoms with Crippen molar-refractivity contribution in [1.82, 2.24) is 5.32 Å². The summed E-state index contributed by atoms with van der Waals surface area (Å²) < 4.78 is 6.93. The fourth-order valence-corrected chi connectivity index (χ4v) is 3.16. The highest BCUT2D eigenvalue weighted by Gasteiger charge is 2.04. The van der Waals surface area contributed by atoms with Crippen molar-refractivity contribution in [2.75, 3.05) is 6.54 Å². The first-order valence-electron chi connectivity index (χ1n) is 6.45. The number of hydrogen-bond donors (Lipinski definition) is 1. The van der Waals surface area contributed by atoms with Gasteiger partial charge in [-0.15, -0.1) is 11.8 Å². The lowest BCUT2D eigenvalue weighted by Gasteiger charge is -2.02. The molecule has 0 saturated heterocycles. The molecule has 1 N–H and O–H groups in total. The van der Waals surface area contributed by atoms with Gasteiger partial charge in [0.2, 0.25) is 0 Å². The average Bonchev–Trinajstić information content (AvgIpc) is 2.86. The van der Waals surface area contributed by atoms with Gasteiger partial charge >= 0.3 is 0 Å². The molecule has 102 valence electrons. The van der Waals surface area contributed by atoms with Gasteiger partial charge in [0.1, 0.15) is 11.5 Å².